The van der Waals surface area contributed by atoms with Crippen molar-refractivity contribution in [3.63, 3.8) is 0 Å². The number of alkyl halides is 3. The molecular weight excluding hydrogens is 949 g/mol. The van der Waals surface area contributed by atoms with Gasteiger partial charge in [0.05, 0.1) is 18.6 Å². The summed E-state index contributed by atoms with van der Waals surface area (Å²) in [5.41, 5.74) is 0.919. The molecule has 0 fully saturated rings. The Hall–Kier alpha value is -4.78. The Kier molecular flexibility index (Phi) is 31.4. The highest BCUT2D eigenvalue weighted by molar-refractivity contribution is 14.0. The first-order valence-corrected chi connectivity index (χ1v) is 23.9. The van der Waals surface area contributed by atoms with Crippen molar-refractivity contribution in [3.05, 3.63) is 157 Å². The molecule has 0 saturated carbocycles. The number of hydrogen-bond donors (Lipinski definition) is 0. The fourth-order valence-electron chi connectivity index (χ4n) is 5.92. The molecule has 2 heterocycles. The summed E-state index contributed by atoms with van der Waals surface area (Å²) in [5, 5.41) is 16.4. The van der Waals surface area contributed by atoms with E-state index in [9.17, 15) is 27.9 Å². The summed E-state index contributed by atoms with van der Waals surface area (Å²) >= 11 is 0. The van der Waals surface area contributed by atoms with Gasteiger partial charge in [-0.25, -0.2) is 4.79 Å². The van der Waals surface area contributed by atoms with Crippen LogP contribution in [0.2, 0.25) is 0 Å². The summed E-state index contributed by atoms with van der Waals surface area (Å²) in [4.78, 5) is 25.5. The van der Waals surface area contributed by atoms with Crippen molar-refractivity contribution in [2.75, 3.05) is 7.11 Å². The molecule has 8 rings (SSSR count). The molecule has 0 aliphatic carbocycles. The second-order valence-electron chi connectivity index (χ2n) is 11.1. The van der Waals surface area contributed by atoms with Gasteiger partial charge >= 0.3 is 12.1 Å². The highest BCUT2D eigenvalue weighted by Crippen LogP contribution is 2.50. The molecule has 0 atom stereocenters. The first-order valence-electron chi connectivity index (χ1n) is 21.5. The van der Waals surface area contributed by atoms with Crippen molar-refractivity contribution in [2.24, 2.45) is 0 Å². The fourth-order valence-corrected chi connectivity index (χ4v) is 11.0. The summed E-state index contributed by atoms with van der Waals surface area (Å²) in [6.45, 7) is 24.2. The Morgan fingerprint density at radius 3 is 0.937 bits per heavy atom. The normalized spacial score (nSPS) is 9.41. The lowest BCUT2D eigenvalue weighted by molar-refractivity contribution is -0.254. The van der Waals surface area contributed by atoms with Crippen molar-refractivity contribution < 1.29 is 32.6 Å². The largest absolute Gasteiger partial charge is 0.545 e. The topological polar surface area (TPSA) is 66.4 Å². The maximum Gasteiger partial charge on any atom is 0.386 e. The zero-order valence-electron chi connectivity index (χ0n) is 39.3. The van der Waals surface area contributed by atoms with E-state index >= 15 is 0 Å². The van der Waals surface area contributed by atoms with Crippen molar-refractivity contribution in [1.29, 1.82) is 0 Å². The van der Waals surface area contributed by atoms with E-state index in [-0.39, 0.29) is 52.9 Å². The molecule has 10 heteroatoms. The summed E-state index contributed by atoms with van der Waals surface area (Å²) in [6, 6.07) is 48.2. The molecule has 0 amide bonds. The molecule has 63 heavy (non-hydrogen) atoms. The van der Waals surface area contributed by atoms with Crippen molar-refractivity contribution in [1.82, 2.24) is 0 Å². The zero-order valence-corrected chi connectivity index (χ0v) is 43.3. The molecule has 0 aliphatic rings. The van der Waals surface area contributed by atoms with E-state index in [1.54, 1.807) is 12.1 Å². The number of carboxylic acid groups (broad SMARTS) is 1. The third kappa shape index (κ3) is 16.4. The minimum absolute atomic E-state index is 0. The minimum Gasteiger partial charge on any atom is -0.545 e. The van der Waals surface area contributed by atoms with Crippen LogP contribution in [0.5, 0.6) is 0 Å². The molecular formula is C53H67F3IO4S2+. The van der Waals surface area contributed by atoms with Gasteiger partial charge in [0.25, 0.3) is 0 Å². The summed E-state index contributed by atoms with van der Waals surface area (Å²) < 4.78 is 40.9. The van der Waals surface area contributed by atoms with E-state index < -0.39 is 22.6 Å². The third-order valence-corrected chi connectivity index (χ3v) is 12.6. The second-order valence-corrected chi connectivity index (χ2v) is 15.0. The molecule has 0 saturated heterocycles. The van der Waals surface area contributed by atoms with Crippen LogP contribution < -0.4 is 5.11 Å². The molecule has 2 aromatic heterocycles. The standard InChI is InChI=1S/C20H15O2S.C19H12O2S.C2H3F3.6C2H6.HI/c1-22-20(21)16-10-4-7-13-19(16)23-17-11-5-2-8-14(17)15-9-3-6-12-18(15)23;20-19(21)15-9-3-6-12-18(15)22-16-10-4-1-7-13(16)14-8-2-5-11-17(14)22;1-2(3,4)5;6*1-2;/h2-13H,1H3;1-12H;1H3;6*1-2H3;1H/q+1;;;;;;;;;. The number of methoxy groups -OCH3 is 1. The molecule has 342 valence electrons. The molecule has 0 aliphatic heterocycles. The van der Waals surface area contributed by atoms with Gasteiger partial charge in [-0.05, 0) is 72.8 Å². The highest BCUT2D eigenvalue weighted by Gasteiger charge is 2.28. The maximum atomic E-state index is 12.2. The number of aromatic carboxylic acids is 1. The lowest BCUT2D eigenvalue weighted by atomic mass is 10.2. The Morgan fingerprint density at radius 2 is 0.667 bits per heavy atom. The predicted octanol–water partition coefficient (Wildman–Crippen LogP) is 18.0. The van der Waals surface area contributed by atoms with E-state index in [0.717, 1.165) is 9.79 Å². The van der Waals surface area contributed by atoms with Crippen molar-refractivity contribution in [3.8, 4) is 9.79 Å². The minimum atomic E-state index is -4.00. The van der Waals surface area contributed by atoms with Gasteiger partial charge in [-0.3, -0.25) is 0 Å². The van der Waals surface area contributed by atoms with E-state index in [4.69, 9.17) is 4.74 Å². The van der Waals surface area contributed by atoms with Gasteiger partial charge in [0.1, 0.15) is 5.56 Å². The molecule has 4 nitrogen and oxygen atoms in total. The highest BCUT2D eigenvalue weighted by atomic mass is 127. The lowest BCUT2D eigenvalue weighted by Crippen LogP contribution is -2.22. The van der Waals surface area contributed by atoms with Gasteiger partial charge in [-0.1, -0.05) is 156 Å². The first kappa shape index (κ1) is 60.3. The smallest absolute Gasteiger partial charge is 0.386 e. The number of halogens is 4. The molecule has 6 aromatic carbocycles. The number of carbonyl (C=O) groups is 2. The van der Waals surface area contributed by atoms with Gasteiger partial charge in [0.15, 0.2) is 28.6 Å². The van der Waals surface area contributed by atoms with Crippen LogP contribution in [0.15, 0.2) is 146 Å². The Labute approximate surface area is 397 Å². The van der Waals surface area contributed by atoms with Gasteiger partial charge < -0.3 is 14.6 Å². The summed E-state index contributed by atoms with van der Waals surface area (Å²) in [5.74, 6) is -1.40. The number of rotatable bonds is 4. The summed E-state index contributed by atoms with van der Waals surface area (Å²) in [7, 11) is 0.761. The average molecular weight is 1020 g/mol. The Bertz CT molecular complexity index is 2390. The van der Waals surface area contributed by atoms with Crippen LogP contribution in [0.1, 0.15) is 111 Å². The number of ether oxygens (including phenoxy) is 1. The van der Waals surface area contributed by atoms with Crippen LogP contribution in [-0.4, -0.2) is 25.2 Å². The zero-order chi connectivity index (χ0) is 47.4. The Morgan fingerprint density at radius 1 is 0.444 bits per heavy atom. The molecule has 0 bridgehead atoms. The van der Waals surface area contributed by atoms with Crippen LogP contribution in [0.25, 0.3) is 50.1 Å². The van der Waals surface area contributed by atoms with Gasteiger partial charge in [0.2, 0.25) is 0 Å². The lowest BCUT2D eigenvalue weighted by Gasteiger charge is -2.04. The van der Waals surface area contributed by atoms with Gasteiger partial charge in [-0.15, -0.1) is 24.0 Å². The average Bonchev–Trinajstić information content (AvgIpc) is 3.85. The maximum absolute atomic E-state index is 12.2. The predicted molar refractivity (Wildman–Crippen MR) is 281 cm³/mol. The van der Waals surface area contributed by atoms with Crippen molar-refractivity contribution >= 4 is 97.2 Å². The van der Waals surface area contributed by atoms with E-state index in [2.05, 4.69) is 72.8 Å². The number of thiophene rings is 2. The van der Waals surface area contributed by atoms with Crippen LogP contribution in [-0.2, 0) is 4.74 Å². The number of fused-ring (bicyclic) bond motifs is 6. The number of hydrogen-bond acceptors (Lipinski definition) is 4. The van der Waals surface area contributed by atoms with Crippen LogP contribution in [0, 0.1) is 0 Å². The second kappa shape index (κ2) is 32.8. The van der Waals surface area contributed by atoms with Crippen LogP contribution in [0.4, 0.5) is 13.2 Å². The SMILES string of the molecule is CC.CC.CC.CC.CC.CC.CC(F)(F)F.COC(=O)c1ccccc1-[s+]1c2ccccc2c2ccccc21.I.O=C([O-])c1ccccc1-[s+]1c2ccccc2c2ccccc21. The van der Waals surface area contributed by atoms with Crippen LogP contribution in [0.3, 0.4) is 0 Å². The molecule has 0 N–H and O–H groups in total. The first-order chi connectivity index (χ1) is 30.1. The van der Waals surface area contributed by atoms with E-state index in [0.29, 0.717) is 5.56 Å². The number of carboxylic acids is 1. The van der Waals surface area contributed by atoms with E-state index in [1.165, 1.54) is 47.5 Å². The van der Waals surface area contributed by atoms with Crippen molar-refractivity contribution in [2.45, 2.75) is 96.2 Å². The van der Waals surface area contributed by atoms with E-state index in [1.807, 2.05) is 144 Å². The molecule has 0 unspecified atom stereocenters. The quantitative estimate of drug-likeness (QED) is 0.100. The monoisotopic (exact) mass is 1020 g/mol. The van der Waals surface area contributed by atoms with Gasteiger partial charge in [-0.2, -0.15) is 13.2 Å². The van der Waals surface area contributed by atoms with Gasteiger partial charge in [0, 0.05) is 49.4 Å². The molecule has 0 radical (unpaired) electrons. The number of benzene rings is 6. The summed E-state index contributed by atoms with van der Waals surface area (Å²) in [6.07, 6.45) is -4.00. The fraction of sp³-hybridized carbons (Fsp3) is 0.283. The number of esters is 1. The van der Waals surface area contributed by atoms with Crippen LogP contribution >= 0.6 is 44.9 Å². The molecule has 0 spiro atoms. The molecule has 8 aromatic rings. The third-order valence-electron chi connectivity index (χ3n) is 7.85. The Balaban J connectivity index is 0. The number of carbonyl (C=O) groups excluding carboxylic acids is 2.